The van der Waals surface area contributed by atoms with Crippen LogP contribution in [-0.4, -0.2) is 54.0 Å². The molecule has 10 heteroatoms. The van der Waals surface area contributed by atoms with Crippen LogP contribution in [0.2, 0.25) is 0 Å². The van der Waals surface area contributed by atoms with Gasteiger partial charge < -0.3 is 26.0 Å². The van der Waals surface area contributed by atoms with E-state index in [0.29, 0.717) is 16.9 Å². The number of aliphatic hydroxyl groups is 2. The standard InChI is InChI=1S/C16H16N6O4/c17-13-9-14(19-6-18-13)22(7-20-9)16-11(24)10(23)12(26-16)15(25)21-8-4-2-1-3-5-8/h1-7,10-12,16,23-24H,(H,21,25)(H2,17,18,19). The Morgan fingerprint density at radius 1 is 1.15 bits per heavy atom. The molecule has 3 heterocycles. The summed E-state index contributed by atoms with van der Waals surface area (Å²) in [5.74, 6) is -0.385. The molecule has 0 aliphatic carbocycles. The number of fused-ring (bicyclic) bond motifs is 1. The number of nitrogen functional groups attached to an aromatic ring is 1. The van der Waals surface area contributed by atoms with E-state index in [1.165, 1.54) is 17.2 Å². The maximum Gasteiger partial charge on any atom is 0.256 e. The monoisotopic (exact) mass is 356 g/mol. The predicted octanol–water partition coefficient (Wildman–Crippen LogP) is -0.334. The second-order valence-electron chi connectivity index (χ2n) is 5.87. The normalized spacial score (nSPS) is 25.5. The molecule has 0 saturated carbocycles. The van der Waals surface area contributed by atoms with E-state index in [1.807, 2.05) is 6.07 Å². The van der Waals surface area contributed by atoms with Gasteiger partial charge in [-0.2, -0.15) is 0 Å². The number of benzene rings is 1. The van der Waals surface area contributed by atoms with Crippen molar-refractivity contribution in [3.63, 3.8) is 0 Å². The summed E-state index contributed by atoms with van der Waals surface area (Å²) in [6.45, 7) is 0. The molecule has 1 aliphatic heterocycles. The zero-order valence-corrected chi connectivity index (χ0v) is 13.4. The Kier molecular flexibility index (Phi) is 3.99. The third-order valence-electron chi connectivity index (χ3n) is 4.20. The Bertz CT molecular complexity index is 946. The Labute approximate surface area is 147 Å². The average Bonchev–Trinajstić information content (AvgIpc) is 3.19. The van der Waals surface area contributed by atoms with Crippen LogP contribution in [-0.2, 0) is 9.53 Å². The number of aliphatic hydroxyl groups excluding tert-OH is 2. The van der Waals surface area contributed by atoms with Crippen LogP contribution in [0.15, 0.2) is 43.0 Å². The molecular weight excluding hydrogens is 340 g/mol. The summed E-state index contributed by atoms with van der Waals surface area (Å²) in [4.78, 5) is 24.5. The first kappa shape index (κ1) is 16.4. The topological polar surface area (TPSA) is 148 Å². The Hall–Kier alpha value is -3.08. The van der Waals surface area contributed by atoms with Gasteiger partial charge in [-0.25, -0.2) is 15.0 Å². The molecule has 0 radical (unpaired) electrons. The van der Waals surface area contributed by atoms with Gasteiger partial charge in [0.2, 0.25) is 0 Å². The molecule has 2 aromatic heterocycles. The van der Waals surface area contributed by atoms with Crippen LogP contribution in [0.25, 0.3) is 11.2 Å². The predicted molar refractivity (Wildman–Crippen MR) is 90.7 cm³/mol. The van der Waals surface area contributed by atoms with E-state index in [-0.39, 0.29) is 5.82 Å². The number of ether oxygens (including phenoxy) is 1. The zero-order chi connectivity index (χ0) is 18.3. The zero-order valence-electron chi connectivity index (χ0n) is 13.4. The van der Waals surface area contributed by atoms with Gasteiger partial charge >= 0.3 is 0 Å². The van der Waals surface area contributed by atoms with Crippen molar-refractivity contribution in [1.29, 1.82) is 0 Å². The number of para-hydroxylation sites is 1. The number of carbonyl (C=O) groups excluding carboxylic acids is 1. The smallest absolute Gasteiger partial charge is 0.256 e. The number of anilines is 2. The number of aromatic nitrogens is 4. The first-order valence-electron chi connectivity index (χ1n) is 7.87. The Morgan fingerprint density at radius 3 is 2.69 bits per heavy atom. The highest BCUT2D eigenvalue weighted by Crippen LogP contribution is 2.32. The van der Waals surface area contributed by atoms with Crippen molar-refractivity contribution >= 4 is 28.6 Å². The van der Waals surface area contributed by atoms with Crippen molar-refractivity contribution in [2.75, 3.05) is 11.1 Å². The minimum Gasteiger partial charge on any atom is -0.387 e. The van der Waals surface area contributed by atoms with Gasteiger partial charge in [0.15, 0.2) is 23.8 Å². The molecule has 1 fully saturated rings. The lowest BCUT2D eigenvalue weighted by Gasteiger charge is -2.16. The minimum absolute atomic E-state index is 0.181. The molecule has 4 atom stereocenters. The van der Waals surface area contributed by atoms with E-state index in [0.717, 1.165) is 0 Å². The van der Waals surface area contributed by atoms with E-state index < -0.39 is 30.4 Å². The molecule has 10 nitrogen and oxygen atoms in total. The van der Waals surface area contributed by atoms with Gasteiger partial charge in [0.25, 0.3) is 5.91 Å². The quantitative estimate of drug-likeness (QED) is 0.498. The number of amides is 1. The molecule has 0 bridgehead atoms. The SMILES string of the molecule is Nc1ncnc2c1ncn2C1OC(C(=O)Nc2ccccc2)C(O)C1O. The summed E-state index contributed by atoms with van der Waals surface area (Å²) in [5, 5.41) is 23.3. The molecule has 1 aromatic carbocycles. The van der Waals surface area contributed by atoms with E-state index in [4.69, 9.17) is 10.5 Å². The van der Waals surface area contributed by atoms with Gasteiger partial charge in [-0.15, -0.1) is 0 Å². The molecule has 1 saturated heterocycles. The molecule has 0 spiro atoms. The van der Waals surface area contributed by atoms with Crippen molar-refractivity contribution in [3.8, 4) is 0 Å². The number of hydrogen-bond donors (Lipinski definition) is 4. The maximum atomic E-state index is 12.4. The minimum atomic E-state index is -1.42. The molecule has 5 N–H and O–H groups in total. The van der Waals surface area contributed by atoms with Crippen LogP contribution in [0.1, 0.15) is 6.23 Å². The number of nitrogens with zero attached hydrogens (tertiary/aromatic N) is 4. The van der Waals surface area contributed by atoms with E-state index >= 15 is 0 Å². The molecular formula is C16H16N6O4. The number of carbonyl (C=O) groups is 1. The maximum absolute atomic E-state index is 12.4. The van der Waals surface area contributed by atoms with E-state index in [9.17, 15) is 15.0 Å². The van der Waals surface area contributed by atoms with Crippen LogP contribution in [0.3, 0.4) is 0 Å². The molecule has 4 unspecified atom stereocenters. The number of nitrogens with two attached hydrogens (primary N) is 1. The first-order chi connectivity index (χ1) is 12.6. The van der Waals surface area contributed by atoms with E-state index in [1.54, 1.807) is 24.3 Å². The molecule has 134 valence electrons. The Balaban J connectivity index is 1.59. The molecule has 26 heavy (non-hydrogen) atoms. The van der Waals surface area contributed by atoms with Crippen LogP contribution in [0.4, 0.5) is 11.5 Å². The number of hydrogen-bond acceptors (Lipinski definition) is 8. The highest BCUT2D eigenvalue weighted by atomic mass is 16.6. The lowest BCUT2D eigenvalue weighted by atomic mass is 10.1. The fourth-order valence-electron chi connectivity index (χ4n) is 2.90. The summed E-state index contributed by atoms with van der Waals surface area (Å²) in [6, 6.07) is 8.75. The molecule has 4 rings (SSSR count). The summed E-state index contributed by atoms with van der Waals surface area (Å²) in [6.07, 6.45) is -2.45. The van der Waals surface area contributed by atoms with Gasteiger partial charge in [0.05, 0.1) is 6.33 Å². The third-order valence-corrected chi connectivity index (χ3v) is 4.20. The fourth-order valence-corrected chi connectivity index (χ4v) is 2.90. The van der Waals surface area contributed by atoms with Crippen LogP contribution in [0, 0.1) is 0 Å². The summed E-state index contributed by atoms with van der Waals surface area (Å²) in [5.41, 5.74) is 6.98. The van der Waals surface area contributed by atoms with Gasteiger partial charge in [-0.05, 0) is 12.1 Å². The van der Waals surface area contributed by atoms with Crippen LogP contribution in [0.5, 0.6) is 0 Å². The van der Waals surface area contributed by atoms with Crippen LogP contribution >= 0.6 is 0 Å². The van der Waals surface area contributed by atoms with Crippen molar-refractivity contribution in [2.45, 2.75) is 24.5 Å². The molecule has 1 amide bonds. The summed E-state index contributed by atoms with van der Waals surface area (Å²) < 4.78 is 7.04. The van der Waals surface area contributed by atoms with Gasteiger partial charge in [-0.3, -0.25) is 9.36 Å². The summed E-state index contributed by atoms with van der Waals surface area (Å²) in [7, 11) is 0. The highest BCUT2D eigenvalue weighted by Gasteiger charge is 2.47. The first-order valence-corrected chi connectivity index (χ1v) is 7.87. The van der Waals surface area contributed by atoms with Crippen molar-refractivity contribution < 1.29 is 19.7 Å². The number of rotatable bonds is 3. The Morgan fingerprint density at radius 2 is 1.92 bits per heavy atom. The lowest BCUT2D eigenvalue weighted by Crippen LogP contribution is -2.39. The van der Waals surface area contributed by atoms with Crippen molar-refractivity contribution in [3.05, 3.63) is 43.0 Å². The van der Waals surface area contributed by atoms with Crippen molar-refractivity contribution in [1.82, 2.24) is 19.5 Å². The molecule has 1 aliphatic rings. The van der Waals surface area contributed by atoms with Crippen LogP contribution < -0.4 is 11.1 Å². The summed E-state index contributed by atoms with van der Waals surface area (Å²) >= 11 is 0. The number of nitrogens with one attached hydrogen (secondary N) is 1. The van der Waals surface area contributed by atoms with E-state index in [2.05, 4.69) is 20.3 Å². The fraction of sp³-hybridized carbons (Fsp3) is 0.250. The van der Waals surface area contributed by atoms with Gasteiger partial charge in [-0.1, -0.05) is 18.2 Å². The average molecular weight is 356 g/mol. The second kappa shape index (κ2) is 6.33. The van der Waals surface area contributed by atoms with Gasteiger partial charge in [0, 0.05) is 5.69 Å². The highest BCUT2D eigenvalue weighted by molar-refractivity contribution is 5.94. The largest absolute Gasteiger partial charge is 0.387 e. The van der Waals surface area contributed by atoms with Crippen molar-refractivity contribution in [2.24, 2.45) is 0 Å². The van der Waals surface area contributed by atoms with Gasteiger partial charge in [0.1, 0.15) is 24.1 Å². The number of imidazole rings is 1. The molecule has 3 aromatic rings. The second-order valence-corrected chi connectivity index (χ2v) is 5.87. The lowest BCUT2D eigenvalue weighted by molar-refractivity contribution is -0.132. The third kappa shape index (κ3) is 2.65.